The zero-order chi connectivity index (χ0) is 24.5. The number of benzene rings is 1. The lowest BCUT2D eigenvalue weighted by Crippen LogP contribution is -2.33. The van der Waals surface area contributed by atoms with Crippen molar-refractivity contribution in [1.29, 1.82) is 0 Å². The van der Waals surface area contributed by atoms with Crippen molar-refractivity contribution in [3.05, 3.63) is 82.5 Å². The second-order valence-electron chi connectivity index (χ2n) is 8.29. The van der Waals surface area contributed by atoms with Crippen molar-refractivity contribution in [2.45, 2.75) is 31.8 Å². The fraction of sp³-hybridized carbons (Fsp3) is 0.227. The highest BCUT2D eigenvalue weighted by molar-refractivity contribution is 6.30. The van der Waals surface area contributed by atoms with Gasteiger partial charge in [0.15, 0.2) is 0 Å². The van der Waals surface area contributed by atoms with E-state index in [2.05, 4.69) is 38.1 Å². The molecule has 1 fully saturated rings. The van der Waals surface area contributed by atoms with Crippen molar-refractivity contribution >= 4 is 23.2 Å². The molecule has 3 aromatic heterocycles. The number of aromatic nitrogens is 6. The van der Waals surface area contributed by atoms with Gasteiger partial charge in [-0.2, -0.15) is 0 Å². The smallest absolute Gasteiger partial charge is 0.268 e. The van der Waals surface area contributed by atoms with E-state index in [4.69, 9.17) is 23.2 Å². The Balaban J connectivity index is 1.24. The number of fused-ring (bicyclic) bond motifs is 1. The Labute approximate surface area is 204 Å². The number of imidazole rings is 1. The van der Waals surface area contributed by atoms with Gasteiger partial charge in [0.2, 0.25) is 0 Å². The Morgan fingerprint density at radius 2 is 2.11 bits per heavy atom. The molecule has 5 rings (SSSR count). The van der Waals surface area contributed by atoms with Crippen molar-refractivity contribution < 1.29 is 9.18 Å². The number of rotatable bonds is 8. The van der Waals surface area contributed by atoms with Crippen LogP contribution in [-0.2, 0) is 17.9 Å². The fourth-order valence-electron chi connectivity index (χ4n) is 3.77. The van der Waals surface area contributed by atoms with Gasteiger partial charge in [0.1, 0.15) is 23.5 Å². The van der Waals surface area contributed by atoms with Crippen LogP contribution in [-0.4, -0.2) is 40.5 Å². The number of hydrazine groups is 1. The Kier molecular flexibility index (Phi) is 6.05. The second-order valence-corrected chi connectivity index (χ2v) is 8.69. The van der Waals surface area contributed by atoms with Gasteiger partial charge in [-0.1, -0.05) is 17.7 Å². The highest BCUT2D eigenvalue weighted by atomic mass is 35.5. The first-order valence-corrected chi connectivity index (χ1v) is 11.2. The van der Waals surface area contributed by atoms with E-state index in [0.29, 0.717) is 11.6 Å². The van der Waals surface area contributed by atoms with Gasteiger partial charge in [0.05, 0.1) is 22.9 Å². The summed E-state index contributed by atoms with van der Waals surface area (Å²) in [6, 6.07) is 7.01. The topological polar surface area (TPSA) is 145 Å². The summed E-state index contributed by atoms with van der Waals surface area (Å²) >= 11 is 5.91. The predicted octanol–water partition coefficient (Wildman–Crippen LogP) is 1.77. The van der Waals surface area contributed by atoms with E-state index < -0.39 is 11.7 Å². The van der Waals surface area contributed by atoms with Crippen molar-refractivity contribution in [2.24, 2.45) is 11.6 Å². The van der Waals surface area contributed by atoms with E-state index in [-0.39, 0.29) is 29.4 Å². The molecule has 35 heavy (non-hydrogen) atoms. The van der Waals surface area contributed by atoms with Crippen LogP contribution in [0.4, 0.5) is 4.39 Å². The Bertz CT molecular complexity index is 1410. The highest BCUT2D eigenvalue weighted by Gasteiger charge is 2.24. The SMILES string of the molecule is N/C(=C\N(N)Cc1cn2cc(C3CC3)ccc2n1)C(=O)NCc1c(-n2cnnn2)ccc(Cl)c1F. The number of nitrogens with zero attached hydrogens (tertiary/aromatic N) is 7. The minimum Gasteiger partial charge on any atom is -0.393 e. The Hall–Kier alpha value is -4.03. The molecule has 3 heterocycles. The molecule has 0 atom stereocenters. The molecule has 13 heteroatoms. The monoisotopic (exact) mass is 496 g/mol. The van der Waals surface area contributed by atoms with E-state index >= 15 is 0 Å². The Morgan fingerprint density at radius 1 is 1.29 bits per heavy atom. The van der Waals surface area contributed by atoms with E-state index in [1.165, 1.54) is 46.7 Å². The van der Waals surface area contributed by atoms with Crippen molar-refractivity contribution in [2.75, 3.05) is 0 Å². The number of hydrogen-bond acceptors (Lipinski definition) is 8. The number of pyridine rings is 1. The lowest BCUT2D eigenvalue weighted by molar-refractivity contribution is -0.117. The molecule has 1 aromatic carbocycles. The molecule has 1 amide bonds. The van der Waals surface area contributed by atoms with Crippen LogP contribution in [0.3, 0.4) is 0 Å². The molecular formula is C22H22ClFN10O. The molecule has 0 spiro atoms. The molecular weight excluding hydrogens is 475 g/mol. The van der Waals surface area contributed by atoms with Gasteiger partial charge in [-0.05, 0) is 52.9 Å². The summed E-state index contributed by atoms with van der Waals surface area (Å²) in [5.74, 6) is 5.35. The van der Waals surface area contributed by atoms with Crippen molar-refractivity contribution in [3.63, 3.8) is 0 Å². The number of carbonyl (C=O) groups excluding carboxylic acids is 1. The molecule has 5 N–H and O–H groups in total. The minimum atomic E-state index is -0.695. The van der Waals surface area contributed by atoms with Gasteiger partial charge >= 0.3 is 0 Å². The minimum absolute atomic E-state index is 0.0978. The van der Waals surface area contributed by atoms with Gasteiger partial charge in [0.25, 0.3) is 5.91 Å². The summed E-state index contributed by atoms with van der Waals surface area (Å²) in [4.78, 5) is 17.1. The van der Waals surface area contributed by atoms with Gasteiger partial charge in [-0.25, -0.2) is 19.9 Å². The van der Waals surface area contributed by atoms with Crippen LogP contribution in [0.1, 0.15) is 35.6 Å². The molecule has 0 bridgehead atoms. The second kappa shape index (κ2) is 9.31. The maximum Gasteiger partial charge on any atom is 0.268 e. The molecule has 1 aliphatic rings. The van der Waals surface area contributed by atoms with E-state index in [9.17, 15) is 9.18 Å². The van der Waals surface area contributed by atoms with Crippen LogP contribution in [0.25, 0.3) is 11.3 Å². The van der Waals surface area contributed by atoms with E-state index in [0.717, 1.165) is 11.3 Å². The number of nitrogens with one attached hydrogen (secondary N) is 1. The van der Waals surface area contributed by atoms with E-state index in [1.54, 1.807) is 6.07 Å². The number of tetrazole rings is 1. The zero-order valence-electron chi connectivity index (χ0n) is 18.5. The van der Waals surface area contributed by atoms with E-state index in [1.807, 2.05) is 16.7 Å². The molecule has 0 saturated heterocycles. The van der Waals surface area contributed by atoms with Gasteiger partial charge in [-0.3, -0.25) is 4.79 Å². The standard InChI is InChI=1S/C22H22ClFN10O/c23-17-4-5-19(34-12-28-30-31-34)16(21(17)24)7-27-22(35)18(25)11-33(26)10-15-9-32-8-14(13-1-2-13)3-6-20(32)29-15/h3-6,8-9,11-13H,1-2,7,10,25-26H2,(H,27,35)/b18-11-. The molecule has 1 aliphatic carbocycles. The van der Waals surface area contributed by atoms with Crippen LogP contribution in [0, 0.1) is 5.82 Å². The number of carbonyl (C=O) groups is 1. The molecule has 11 nitrogen and oxygen atoms in total. The summed E-state index contributed by atoms with van der Waals surface area (Å²) in [5, 5.41) is 14.6. The maximum absolute atomic E-state index is 14.7. The number of halogens is 2. The van der Waals surface area contributed by atoms with Gasteiger partial charge in [0, 0.05) is 30.7 Å². The molecule has 0 radical (unpaired) electrons. The van der Waals surface area contributed by atoms with Crippen LogP contribution < -0.4 is 16.9 Å². The first-order valence-electron chi connectivity index (χ1n) is 10.8. The normalized spacial score (nSPS) is 13.9. The highest BCUT2D eigenvalue weighted by Crippen LogP contribution is 2.39. The van der Waals surface area contributed by atoms with Crippen molar-refractivity contribution in [3.8, 4) is 5.69 Å². The predicted molar refractivity (Wildman–Crippen MR) is 125 cm³/mol. The first kappa shape index (κ1) is 22.7. The molecule has 0 unspecified atom stereocenters. The van der Waals surface area contributed by atoms with Crippen LogP contribution in [0.2, 0.25) is 5.02 Å². The molecule has 1 saturated carbocycles. The lowest BCUT2D eigenvalue weighted by Gasteiger charge is -2.14. The fourth-order valence-corrected chi connectivity index (χ4v) is 3.95. The summed E-state index contributed by atoms with van der Waals surface area (Å²) in [6.45, 7) is 0.0378. The van der Waals surface area contributed by atoms with Gasteiger partial charge in [-0.15, -0.1) is 5.10 Å². The van der Waals surface area contributed by atoms with Gasteiger partial charge < -0.3 is 20.5 Å². The van der Waals surface area contributed by atoms with Crippen molar-refractivity contribution in [1.82, 2.24) is 39.9 Å². The summed E-state index contributed by atoms with van der Waals surface area (Å²) in [7, 11) is 0. The van der Waals surface area contributed by atoms with Crippen LogP contribution in [0.5, 0.6) is 0 Å². The molecule has 4 aromatic rings. The third-order valence-corrected chi connectivity index (χ3v) is 5.97. The number of hydrogen-bond donors (Lipinski definition) is 3. The Morgan fingerprint density at radius 3 is 2.86 bits per heavy atom. The molecule has 0 aliphatic heterocycles. The average Bonchev–Trinajstić information content (AvgIpc) is 3.39. The maximum atomic E-state index is 14.7. The largest absolute Gasteiger partial charge is 0.393 e. The third-order valence-electron chi connectivity index (χ3n) is 5.68. The average molecular weight is 497 g/mol. The summed E-state index contributed by atoms with van der Waals surface area (Å²) < 4.78 is 17.9. The number of nitrogens with two attached hydrogens (primary N) is 2. The van der Waals surface area contributed by atoms with Crippen LogP contribution >= 0.6 is 11.6 Å². The summed E-state index contributed by atoms with van der Waals surface area (Å²) in [6.07, 6.45) is 9.03. The summed E-state index contributed by atoms with van der Waals surface area (Å²) in [5.41, 5.74) is 9.03. The lowest BCUT2D eigenvalue weighted by atomic mass is 10.1. The molecule has 180 valence electrons. The quantitative estimate of drug-likeness (QED) is 0.190. The third kappa shape index (κ3) is 4.93. The zero-order valence-corrected chi connectivity index (χ0v) is 19.2. The first-order chi connectivity index (χ1) is 16.9. The van der Waals surface area contributed by atoms with Crippen LogP contribution in [0.15, 0.2) is 54.9 Å². The number of amides is 1.